The van der Waals surface area contributed by atoms with Crippen molar-refractivity contribution in [3.8, 4) is 0 Å². The summed E-state index contributed by atoms with van der Waals surface area (Å²) in [5.41, 5.74) is 11.4. The Morgan fingerprint density at radius 1 is 0.974 bits per heavy atom. The minimum Gasteiger partial charge on any atom is -0.505 e. The fourth-order valence-electron chi connectivity index (χ4n) is 4.66. The number of aliphatic hydroxyl groups excluding tert-OH is 1. The maximum Gasteiger partial charge on any atom is 0.272 e. The van der Waals surface area contributed by atoms with Crippen LogP contribution < -0.4 is 5.32 Å². The lowest BCUT2D eigenvalue weighted by molar-refractivity contribution is -0.119. The van der Waals surface area contributed by atoms with Crippen LogP contribution in [0.15, 0.2) is 89.7 Å². The van der Waals surface area contributed by atoms with E-state index >= 15 is 0 Å². The van der Waals surface area contributed by atoms with E-state index in [1.54, 1.807) is 36.4 Å². The molecule has 1 aliphatic carbocycles. The summed E-state index contributed by atoms with van der Waals surface area (Å²) in [7, 11) is 0. The second-order valence-corrected chi connectivity index (χ2v) is 9.46. The van der Waals surface area contributed by atoms with E-state index in [9.17, 15) is 14.7 Å². The molecule has 2 N–H and O–H groups in total. The van der Waals surface area contributed by atoms with Crippen LogP contribution in [-0.4, -0.2) is 27.9 Å². The fourth-order valence-corrected chi connectivity index (χ4v) is 4.66. The van der Waals surface area contributed by atoms with Crippen LogP contribution in [0.3, 0.4) is 0 Å². The molecule has 194 valence electrons. The van der Waals surface area contributed by atoms with Gasteiger partial charge in [0.1, 0.15) is 0 Å². The van der Waals surface area contributed by atoms with Crippen molar-refractivity contribution in [2.24, 2.45) is 5.11 Å². The Kier molecular flexibility index (Phi) is 8.80. The lowest BCUT2D eigenvalue weighted by atomic mass is 9.95. The van der Waals surface area contributed by atoms with Crippen LogP contribution in [-0.2, 0) is 11.3 Å². The minimum atomic E-state index is -0.565. The van der Waals surface area contributed by atoms with Gasteiger partial charge >= 0.3 is 0 Å². The van der Waals surface area contributed by atoms with E-state index in [1.807, 2.05) is 49.4 Å². The number of carbonyl (C=O) groups excluding carboxylic acids is 2. The summed E-state index contributed by atoms with van der Waals surface area (Å²) < 4.78 is 0. The highest BCUT2D eigenvalue weighted by Crippen LogP contribution is 2.28. The molecule has 0 radical (unpaired) electrons. The molecule has 0 unspecified atom stereocenters. The normalized spacial score (nSPS) is 14.1. The van der Waals surface area contributed by atoms with Crippen LogP contribution >= 0.6 is 0 Å². The zero-order valence-corrected chi connectivity index (χ0v) is 21.4. The van der Waals surface area contributed by atoms with Gasteiger partial charge in [-0.2, -0.15) is 0 Å². The molecular formula is C30H31N5O3. The van der Waals surface area contributed by atoms with Crippen LogP contribution in [0, 0.1) is 6.92 Å². The minimum absolute atomic E-state index is 0.0214. The predicted octanol–water partition coefficient (Wildman–Crippen LogP) is 6.95. The van der Waals surface area contributed by atoms with Gasteiger partial charge < -0.3 is 10.4 Å². The fraction of sp³-hybridized carbons (Fsp3) is 0.267. The summed E-state index contributed by atoms with van der Waals surface area (Å²) in [6.45, 7) is 1.95. The summed E-state index contributed by atoms with van der Waals surface area (Å²) in [6, 6.07) is 22.7. The van der Waals surface area contributed by atoms with Gasteiger partial charge in [0, 0.05) is 22.1 Å². The van der Waals surface area contributed by atoms with Crippen molar-refractivity contribution in [2.45, 2.75) is 51.6 Å². The van der Waals surface area contributed by atoms with Gasteiger partial charge in [-0.1, -0.05) is 103 Å². The third kappa shape index (κ3) is 6.41. The van der Waals surface area contributed by atoms with Crippen molar-refractivity contribution in [1.29, 1.82) is 0 Å². The molecule has 1 aliphatic rings. The van der Waals surface area contributed by atoms with Crippen molar-refractivity contribution < 1.29 is 14.7 Å². The largest absolute Gasteiger partial charge is 0.505 e. The Balaban J connectivity index is 1.86. The van der Waals surface area contributed by atoms with Gasteiger partial charge in [-0.05, 0) is 36.9 Å². The number of hydrogen-bond donors (Lipinski definition) is 2. The van der Waals surface area contributed by atoms with Gasteiger partial charge in [0.25, 0.3) is 11.8 Å². The molecule has 0 atom stereocenters. The first-order chi connectivity index (χ1) is 18.5. The average Bonchev–Trinajstić information content (AvgIpc) is 2.94. The zero-order valence-electron chi connectivity index (χ0n) is 21.4. The van der Waals surface area contributed by atoms with Gasteiger partial charge in [-0.15, -0.1) is 0 Å². The van der Waals surface area contributed by atoms with Crippen LogP contribution in [0.1, 0.15) is 59.2 Å². The van der Waals surface area contributed by atoms with E-state index in [-0.39, 0.29) is 35.3 Å². The first kappa shape index (κ1) is 26.5. The molecule has 0 saturated heterocycles. The number of hydrogen-bond acceptors (Lipinski definition) is 4. The Hall–Kier alpha value is -4.55. The standard InChI is InChI=1S/C30H31N5O3/c1-21-16-18-23(19-17-21)28(36)27(29(37)32-24-12-6-3-7-13-24)35(20-22-10-4-2-5-11-22)30(38)25-14-8-9-15-26(25)33-34-31/h2,4-5,8-11,14-19,24,36H,3,6-7,12-13,20H2,1H3,(H,32,37)/b28-27+. The zero-order chi connectivity index (χ0) is 26.9. The molecule has 1 fully saturated rings. The molecular weight excluding hydrogens is 478 g/mol. The Labute approximate surface area is 222 Å². The van der Waals surface area contributed by atoms with Crippen LogP contribution in [0.2, 0.25) is 0 Å². The number of rotatable bonds is 8. The van der Waals surface area contributed by atoms with Gasteiger partial charge in [-0.3, -0.25) is 14.5 Å². The second-order valence-electron chi connectivity index (χ2n) is 9.46. The topological polar surface area (TPSA) is 118 Å². The third-order valence-electron chi connectivity index (χ3n) is 6.69. The third-order valence-corrected chi connectivity index (χ3v) is 6.69. The Morgan fingerprint density at radius 2 is 1.63 bits per heavy atom. The number of nitrogens with zero attached hydrogens (tertiary/aromatic N) is 4. The maximum absolute atomic E-state index is 14.1. The molecule has 38 heavy (non-hydrogen) atoms. The Morgan fingerprint density at radius 3 is 2.32 bits per heavy atom. The van der Waals surface area contributed by atoms with E-state index in [0.29, 0.717) is 5.56 Å². The van der Waals surface area contributed by atoms with Gasteiger partial charge in [-0.25, -0.2) is 0 Å². The van der Waals surface area contributed by atoms with E-state index in [2.05, 4.69) is 15.3 Å². The molecule has 2 amide bonds. The number of benzene rings is 3. The molecule has 8 heteroatoms. The molecule has 1 saturated carbocycles. The molecule has 0 bridgehead atoms. The molecule has 0 aromatic heterocycles. The van der Waals surface area contributed by atoms with Crippen molar-refractivity contribution in [3.63, 3.8) is 0 Å². The second kappa shape index (κ2) is 12.6. The lowest BCUT2D eigenvalue weighted by Gasteiger charge is -2.29. The first-order valence-electron chi connectivity index (χ1n) is 12.8. The van der Waals surface area contributed by atoms with Gasteiger partial charge in [0.05, 0.1) is 12.2 Å². The highest BCUT2D eigenvalue weighted by atomic mass is 16.3. The molecule has 3 aromatic carbocycles. The van der Waals surface area contributed by atoms with Crippen molar-refractivity contribution in [3.05, 3.63) is 117 Å². The molecule has 8 nitrogen and oxygen atoms in total. The van der Waals surface area contributed by atoms with Crippen LogP contribution in [0.25, 0.3) is 16.2 Å². The number of carbonyl (C=O) groups is 2. The lowest BCUT2D eigenvalue weighted by Crippen LogP contribution is -2.43. The molecule has 0 spiro atoms. The number of aryl methyl sites for hydroxylation is 1. The molecule has 0 heterocycles. The maximum atomic E-state index is 14.1. The number of azide groups is 1. The highest BCUT2D eigenvalue weighted by Gasteiger charge is 2.31. The van der Waals surface area contributed by atoms with E-state index in [4.69, 9.17) is 5.53 Å². The molecule has 0 aliphatic heterocycles. The number of aliphatic hydroxyl groups is 1. The SMILES string of the molecule is Cc1ccc(/C(O)=C(/C(=O)NC2CCCCC2)N(Cc2ccccc2)C(=O)c2ccccc2N=[N+]=[N-])cc1. The van der Waals surface area contributed by atoms with Gasteiger partial charge in [0.2, 0.25) is 0 Å². The summed E-state index contributed by atoms with van der Waals surface area (Å²) in [6.07, 6.45) is 4.84. The van der Waals surface area contributed by atoms with Crippen molar-refractivity contribution in [2.75, 3.05) is 0 Å². The van der Waals surface area contributed by atoms with E-state index in [0.717, 1.165) is 43.2 Å². The smallest absolute Gasteiger partial charge is 0.272 e. The van der Waals surface area contributed by atoms with Crippen molar-refractivity contribution in [1.82, 2.24) is 10.2 Å². The summed E-state index contributed by atoms with van der Waals surface area (Å²) in [4.78, 5) is 32.1. The summed E-state index contributed by atoms with van der Waals surface area (Å²) >= 11 is 0. The van der Waals surface area contributed by atoms with Crippen LogP contribution in [0.5, 0.6) is 0 Å². The predicted molar refractivity (Wildman–Crippen MR) is 147 cm³/mol. The summed E-state index contributed by atoms with van der Waals surface area (Å²) in [5.74, 6) is -1.39. The highest BCUT2D eigenvalue weighted by molar-refractivity contribution is 6.08. The number of amides is 2. The molecule has 3 aromatic rings. The van der Waals surface area contributed by atoms with Crippen molar-refractivity contribution >= 4 is 23.3 Å². The quantitative estimate of drug-likeness (QED) is 0.112. The Bertz CT molecular complexity index is 1360. The summed E-state index contributed by atoms with van der Waals surface area (Å²) in [5, 5.41) is 18.3. The van der Waals surface area contributed by atoms with E-state index in [1.165, 1.54) is 4.90 Å². The average molecular weight is 510 g/mol. The number of nitrogens with one attached hydrogen (secondary N) is 1. The van der Waals surface area contributed by atoms with Gasteiger partial charge in [0.15, 0.2) is 11.5 Å². The molecule has 4 rings (SSSR count). The van der Waals surface area contributed by atoms with E-state index < -0.39 is 11.8 Å². The first-order valence-corrected chi connectivity index (χ1v) is 12.8. The monoisotopic (exact) mass is 509 g/mol. The van der Waals surface area contributed by atoms with Crippen LogP contribution in [0.4, 0.5) is 5.69 Å².